The van der Waals surface area contributed by atoms with E-state index in [0.29, 0.717) is 25.9 Å². The Labute approximate surface area is 296 Å². The van der Waals surface area contributed by atoms with Gasteiger partial charge in [-0.3, -0.25) is 4.79 Å². The van der Waals surface area contributed by atoms with Gasteiger partial charge >= 0.3 is 5.97 Å². The van der Waals surface area contributed by atoms with Gasteiger partial charge in [0.05, 0.1) is 30.8 Å². The van der Waals surface area contributed by atoms with Crippen molar-refractivity contribution < 1.29 is 28.2 Å². The van der Waals surface area contributed by atoms with Crippen molar-refractivity contribution >= 4 is 30.9 Å². The summed E-state index contributed by atoms with van der Waals surface area (Å²) in [5, 5.41) is 2.23. The highest BCUT2D eigenvalue weighted by Gasteiger charge is 2.51. The van der Waals surface area contributed by atoms with Crippen molar-refractivity contribution in [2.24, 2.45) is 17.3 Å². The van der Waals surface area contributed by atoms with Crippen LogP contribution in [0.5, 0.6) is 0 Å². The Morgan fingerprint density at radius 2 is 1.39 bits per heavy atom. The van der Waals surface area contributed by atoms with Gasteiger partial charge in [0.15, 0.2) is 0 Å². The highest BCUT2D eigenvalue weighted by molar-refractivity contribution is 6.99. The number of hydrogen-bond acceptors (Lipinski definition) is 6. The molecule has 0 aliphatic carbocycles. The number of ether oxygens (including phenoxy) is 3. The van der Waals surface area contributed by atoms with Crippen LogP contribution in [0.4, 0.5) is 0 Å². The van der Waals surface area contributed by atoms with Crippen molar-refractivity contribution in [3.05, 3.63) is 109 Å². The van der Waals surface area contributed by atoms with E-state index in [0.717, 1.165) is 11.8 Å². The molecule has 0 N–H and O–H groups in total. The first-order valence-electron chi connectivity index (χ1n) is 17.5. The molecule has 0 saturated carbocycles. The van der Waals surface area contributed by atoms with E-state index in [1.54, 1.807) is 7.11 Å². The summed E-state index contributed by atoms with van der Waals surface area (Å²) in [5.41, 5.74) is 0.378. The molecule has 3 rings (SSSR count). The van der Waals surface area contributed by atoms with Crippen molar-refractivity contribution in [2.75, 3.05) is 13.7 Å². The monoisotopic (exact) mass is 686 g/mol. The molecule has 0 aliphatic heterocycles. The van der Waals surface area contributed by atoms with E-state index in [2.05, 4.69) is 82.8 Å². The zero-order valence-electron chi connectivity index (χ0n) is 30.9. The van der Waals surface area contributed by atoms with Crippen LogP contribution in [0.3, 0.4) is 0 Å². The van der Waals surface area contributed by atoms with E-state index in [4.69, 9.17) is 18.6 Å². The third-order valence-corrected chi connectivity index (χ3v) is 14.3. The number of esters is 1. The maximum atomic E-state index is 13.2. The quantitative estimate of drug-likeness (QED) is 0.0552. The maximum absolute atomic E-state index is 13.2. The highest BCUT2D eigenvalue weighted by Crippen LogP contribution is 2.39. The topological polar surface area (TPSA) is 71.1 Å². The molecule has 0 spiro atoms. The Balaban J connectivity index is 1.97. The molecular weight excluding hydrogens is 629 g/mol. The van der Waals surface area contributed by atoms with Crippen LogP contribution in [0.2, 0.25) is 5.04 Å². The van der Waals surface area contributed by atoms with Crippen molar-refractivity contribution in [1.29, 1.82) is 0 Å². The number of methoxy groups -OCH3 is 1. The molecule has 0 unspecified atom stereocenters. The summed E-state index contributed by atoms with van der Waals surface area (Å²) >= 11 is 0. The second-order valence-corrected chi connectivity index (χ2v) is 19.3. The van der Waals surface area contributed by atoms with Gasteiger partial charge in [0.1, 0.15) is 6.29 Å². The van der Waals surface area contributed by atoms with E-state index in [1.807, 2.05) is 69.3 Å². The summed E-state index contributed by atoms with van der Waals surface area (Å²) in [6.45, 7) is 18.9. The molecule has 0 amide bonds. The molecule has 3 aromatic rings. The minimum absolute atomic E-state index is 0.140. The predicted molar refractivity (Wildman–Crippen MR) is 201 cm³/mol. The van der Waals surface area contributed by atoms with Gasteiger partial charge in [-0.1, -0.05) is 118 Å². The van der Waals surface area contributed by atoms with Crippen molar-refractivity contribution in [1.82, 2.24) is 0 Å². The Kier molecular flexibility index (Phi) is 15.2. The Morgan fingerprint density at radius 3 is 1.84 bits per heavy atom. The molecule has 0 heterocycles. The number of rotatable bonds is 19. The predicted octanol–water partition coefficient (Wildman–Crippen LogP) is 7.93. The Bertz CT molecular complexity index is 1370. The fourth-order valence-corrected chi connectivity index (χ4v) is 11.4. The summed E-state index contributed by atoms with van der Waals surface area (Å²) in [4.78, 5) is 25.7. The summed E-state index contributed by atoms with van der Waals surface area (Å²) in [7, 11) is -1.21. The van der Waals surface area contributed by atoms with Crippen molar-refractivity contribution in [3.8, 4) is 0 Å². The van der Waals surface area contributed by atoms with Crippen LogP contribution in [0.25, 0.3) is 0 Å². The largest absolute Gasteiger partial charge is 0.465 e. The van der Waals surface area contributed by atoms with Gasteiger partial charge in [-0.2, -0.15) is 0 Å². The van der Waals surface area contributed by atoms with Crippen LogP contribution in [0.15, 0.2) is 104 Å². The standard InChI is InChI=1S/C42H58O6Si/c1-10-20-34(29-32(2)48-49(42(6,7)8,35-23-16-12-17-24-35)36-25-18-13-19-26-36)37(30-43)39(47-31-33-21-14-11-15-22-33)38(45-9)27-28-46-40(44)41(3,4)5/h10-19,21-26,30,32,34,37-39H,1,20,27-29,31H2,2-9H3/t32-,34-,37+,38+,39+/m0/s1. The Hall–Kier alpha value is -3.36. The summed E-state index contributed by atoms with van der Waals surface area (Å²) in [5.74, 6) is -0.955. The van der Waals surface area contributed by atoms with Gasteiger partial charge in [0, 0.05) is 25.6 Å². The van der Waals surface area contributed by atoms with Crippen LogP contribution >= 0.6 is 0 Å². The number of carbonyl (C=O) groups excluding carboxylic acids is 2. The molecule has 5 atom stereocenters. The number of benzene rings is 3. The van der Waals surface area contributed by atoms with Gasteiger partial charge in [-0.25, -0.2) is 0 Å². The molecule has 7 heteroatoms. The lowest BCUT2D eigenvalue weighted by Crippen LogP contribution is -2.67. The smallest absolute Gasteiger partial charge is 0.311 e. The minimum Gasteiger partial charge on any atom is -0.465 e. The number of hydrogen-bond donors (Lipinski definition) is 0. The zero-order chi connectivity index (χ0) is 36.1. The Morgan fingerprint density at radius 1 is 0.857 bits per heavy atom. The molecule has 0 bridgehead atoms. The lowest BCUT2D eigenvalue weighted by molar-refractivity contribution is -0.156. The van der Waals surface area contributed by atoms with E-state index < -0.39 is 31.9 Å². The lowest BCUT2D eigenvalue weighted by Gasteiger charge is -2.45. The molecule has 6 nitrogen and oxygen atoms in total. The molecule has 3 aromatic carbocycles. The third kappa shape index (κ3) is 10.8. The van der Waals surface area contributed by atoms with E-state index in [1.165, 1.54) is 10.4 Å². The minimum atomic E-state index is -2.82. The average molecular weight is 687 g/mol. The molecule has 0 aromatic heterocycles. The van der Waals surface area contributed by atoms with Crippen LogP contribution < -0.4 is 10.4 Å². The zero-order valence-corrected chi connectivity index (χ0v) is 31.9. The molecule has 49 heavy (non-hydrogen) atoms. The second-order valence-electron chi connectivity index (χ2n) is 15.0. The lowest BCUT2D eigenvalue weighted by atomic mass is 9.80. The first-order valence-corrected chi connectivity index (χ1v) is 19.4. The van der Waals surface area contributed by atoms with Gasteiger partial charge in [0.25, 0.3) is 8.32 Å². The molecule has 266 valence electrons. The molecule has 0 fully saturated rings. The molecular formula is C42H58O6Si. The third-order valence-electron chi connectivity index (χ3n) is 9.18. The van der Waals surface area contributed by atoms with E-state index in [9.17, 15) is 9.59 Å². The first-order chi connectivity index (χ1) is 23.3. The molecule has 0 radical (unpaired) electrons. The average Bonchev–Trinajstić information content (AvgIpc) is 3.08. The van der Waals surface area contributed by atoms with Crippen molar-refractivity contribution in [2.45, 2.75) is 97.7 Å². The fraction of sp³-hybridized carbons (Fsp3) is 0.476. The summed E-state index contributed by atoms with van der Waals surface area (Å²) < 4.78 is 25.6. The maximum Gasteiger partial charge on any atom is 0.311 e. The summed E-state index contributed by atoms with van der Waals surface area (Å²) in [6, 6.07) is 31.1. The van der Waals surface area contributed by atoms with E-state index >= 15 is 0 Å². The number of carbonyl (C=O) groups is 2. The van der Waals surface area contributed by atoms with Gasteiger partial charge in [0.2, 0.25) is 0 Å². The van der Waals surface area contributed by atoms with Crippen molar-refractivity contribution in [3.63, 3.8) is 0 Å². The van der Waals surface area contributed by atoms with Gasteiger partial charge in [-0.05, 0) is 67.4 Å². The normalized spacial score (nSPS) is 15.4. The SMILES string of the molecule is C=CC[C@@H](C[C@H](C)O[Si](c1ccccc1)(c1ccccc1)C(C)(C)C)[C@@H](C=O)[C@@H](OCc1ccccc1)[C@@H](CCOC(=O)C(C)(C)C)OC. The van der Waals surface area contributed by atoms with Crippen LogP contribution in [-0.4, -0.2) is 52.6 Å². The van der Waals surface area contributed by atoms with Crippen LogP contribution in [0.1, 0.15) is 73.3 Å². The first kappa shape index (κ1) is 40.1. The van der Waals surface area contributed by atoms with Gasteiger partial charge in [-0.15, -0.1) is 6.58 Å². The number of allylic oxidation sites excluding steroid dienone is 1. The van der Waals surface area contributed by atoms with Crippen LogP contribution in [0, 0.1) is 17.3 Å². The number of aldehydes is 1. The van der Waals surface area contributed by atoms with Crippen LogP contribution in [-0.2, 0) is 34.8 Å². The van der Waals surface area contributed by atoms with Gasteiger partial charge < -0.3 is 23.4 Å². The molecule has 0 saturated heterocycles. The highest BCUT2D eigenvalue weighted by atomic mass is 28.4. The summed E-state index contributed by atoms with van der Waals surface area (Å²) in [6.07, 6.45) is 3.19. The fourth-order valence-electron chi connectivity index (χ4n) is 6.68. The van der Waals surface area contributed by atoms with E-state index in [-0.39, 0.29) is 29.6 Å². The molecule has 0 aliphatic rings. The second kappa shape index (κ2) is 18.6.